The smallest absolute Gasteiger partial charge is 0.416 e. The maximum Gasteiger partial charge on any atom is 0.416 e. The molecule has 0 bridgehead atoms. The Kier molecular flexibility index (Phi) is 6.17. The molecule has 0 spiro atoms. The van der Waals surface area contributed by atoms with Crippen molar-refractivity contribution in [3.05, 3.63) is 70.8 Å². The quantitative estimate of drug-likeness (QED) is 0.780. The molecule has 4 nitrogen and oxygen atoms in total. The van der Waals surface area contributed by atoms with E-state index in [1.807, 2.05) is 32.9 Å². The Morgan fingerprint density at radius 2 is 1.43 bits per heavy atom. The van der Waals surface area contributed by atoms with E-state index >= 15 is 0 Å². The van der Waals surface area contributed by atoms with Gasteiger partial charge in [-0.2, -0.15) is 13.2 Å². The van der Waals surface area contributed by atoms with Gasteiger partial charge in [-0.05, 0) is 40.8 Å². The number of carboxylic acids is 1. The number of nitrogens with one attached hydrogen (secondary N) is 1. The molecule has 1 unspecified atom stereocenters. The van der Waals surface area contributed by atoms with Crippen LogP contribution in [0.3, 0.4) is 0 Å². The maximum atomic E-state index is 12.6. The number of alkyl halides is 3. The van der Waals surface area contributed by atoms with E-state index in [-0.39, 0.29) is 17.5 Å². The lowest BCUT2D eigenvalue weighted by Crippen LogP contribution is -2.31. The zero-order chi connectivity index (χ0) is 21.1. The number of carboxylic acid groups (broad SMARTS) is 1. The Labute approximate surface area is 161 Å². The molecule has 2 aromatic rings. The van der Waals surface area contributed by atoms with Crippen molar-refractivity contribution in [2.45, 2.75) is 38.3 Å². The fourth-order valence-electron chi connectivity index (χ4n) is 2.67. The summed E-state index contributed by atoms with van der Waals surface area (Å²) in [5.41, 5.74) is 0.683. The van der Waals surface area contributed by atoms with Crippen LogP contribution in [0.1, 0.15) is 53.7 Å². The van der Waals surface area contributed by atoms with E-state index in [2.05, 4.69) is 5.32 Å². The van der Waals surface area contributed by atoms with Crippen LogP contribution in [0.25, 0.3) is 0 Å². The lowest BCUT2D eigenvalue weighted by molar-refractivity contribution is -0.139. The zero-order valence-corrected chi connectivity index (χ0v) is 15.8. The van der Waals surface area contributed by atoms with Crippen molar-refractivity contribution in [3.8, 4) is 0 Å². The minimum absolute atomic E-state index is 0.0280. The maximum absolute atomic E-state index is 12.6. The lowest BCUT2D eigenvalue weighted by Gasteiger charge is -2.20. The van der Waals surface area contributed by atoms with Crippen molar-refractivity contribution in [3.63, 3.8) is 0 Å². The Balaban J connectivity index is 2.09. The SMILES string of the molecule is CC(C)(C)c1ccc(C(CNC(=O)c2ccc(C(F)(F)F)cc2)C(=O)O)cc1. The van der Waals surface area contributed by atoms with Crippen molar-refractivity contribution < 1.29 is 27.9 Å². The van der Waals surface area contributed by atoms with Crippen LogP contribution in [0, 0.1) is 0 Å². The average molecular weight is 393 g/mol. The Morgan fingerprint density at radius 3 is 1.86 bits per heavy atom. The van der Waals surface area contributed by atoms with Crippen LogP contribution in [0.5, 0.6) is 0 Å². The second kappa shape index (κ2) is 8.04. The van der Waals surface area contributed by atoms with Crippen molar-refractivity contribution >= 4 is 11.9 Å². The van der Waals surface area contributed by atoms with Crippen LogP contribution in [-0.4, -0.2) is 23.5 Å². The number of rotatable bonds is 5. The van der Waals surface area contributed by atoms with E-state index in [0.717, 1.165) is 29.8 Å². The van der Waals surface area contributed by atoms with E-state index in [0.29, 0.717) is 5.56 Å². The van der Waals surface area contributed by atoms with Crippen LogP contribution in [0.15, 0.2) is 48.5 Å². The first kappa shape index (κ1) is 21.5. The molecule has 7 heteroatoms. The number of halogens is 3. The van der Waals surface area contributed by atoms with Gasteiger partial charge in [-0.1, -0.05) is 45.0 Å². The molecule has 0 aliphatic heterocycles. The van der Waals surface area contributed by atoms with Crippen LogP contribution in [-0.2, 0) is 16.4 Å². The minimum atomic E-state index is -4.48. The number of carbonyl (C=O) groups excluding carboxylic acids is 1. The highest BCUT2D eigenvalue weighted by molar-refractivity contribution is 5.94. The second-order valence-electron chi connectivity index (χ2n) is 7.55. The third kappa shape index (κ3) is 5.34. The van der Waals surface area contributed by atoms with Gasteiger partial charge in [0.15, 0.2) is 0 Å². The van der Waals surface area contributed by atoms with E-state index in [1.54, 1.807) is 12.1 Å². The highest BCUT2D eigenvalue weighted by Crippen LogP contribution is 2.29. The fourth-order valence-corrected chi connectivity index (χ4v) is 2.67. The van der Waals surface area contributed by atoms with Crippen molar-refractivity contribution in [2.24, 2.45) is 0 Å². The molecule has 0 heterocycles. The van der Waals surface area contributed by atoms with Crippen LogP contribution >= 0.6 is 0 Å². The summed E-state index contributed by atoms with van der Waals surface area (Å²) in [5, 5.41) is 12.0. The number of hydrogen-bond acceptors (Lipinski definition) is 2. The summed E-state index contributed by atoms with van der Waals surface area (Å²) in [6, 6.07) is 10.9. The Bertz CT molecular complexity index is 835. The molecule has 0 fully saturated rings. The van der Waals surface area contributed by atoms with Crippen molar-refractivity contribution in [1.82, 2.24) is 5.32 Å². The van der Waals surface area contributed by atoms with Gasteiger partial charge >= 0.3 is 12.1 Å². The summed E-state index contributed by atoms with van der Waals surface area (Å²) < 4.78 is 37.8. The topological polar surface area (TPSA) is 66.4 Å². The highest BCUT2D eigenvalue weighted by atomic mass is 19.4. The molecule has 0 aliphatic rings. The molecule has 0 aliphatic carbocycles. The molecule has 0 radical (unpaired) electrons. The highest BCUT2D eigenvalue weighted by Gasteiger charge is 2.30. The van der Waals surface area contributed by atoms with Gasteiger partial charge in [0.1, 0.15) is 0 Å². The first-order valence-electron chi connectivity index (χ1n) is 8.68. The largest absolute Gasteiger partial charge is 0.481 e. The molecule has 150 valence electrons. The normalized spacial score (nSPS) is 13.1. The van der Waals surface area contributed by atoms with Gasteiger partial charge in [0.05, 0.1) is 11.5 Å². The van der Waals surface area contributed by atoms with E-state index in [9.17, 15) is 27.9 Å². The minimum Gasteiger partial charge on any atom is -0.481 e. The molecule has 28 heavy (non-hydrogen) atoms. The molecule has 0 saturated carbocycles. The number of aliphatic carboxylic acids is 1. The molecule has 1 atom stereocenters. The molecule has 0 aromatic heterocycles. The number of amides is 1. The first-order chi connectivity index (χ1) is 12.9. The summed E-state index contributed by atoms with van der Waals surface area (Å²) in [4.78, 5) is 23.8. The summed E-state index contributed by atoms with van der Waals surface area (Å²) >= 11 is 0. The molecule has 1 amide bonds. The summed E-state index contributed by atoms with van der Waals surface area (Å²) in [6.45, 7) is 5.95. The summed E-state index contributed by atoms with van der Waals surface area (Å²) in [6.07, 6.45) is -4.48. The van der Waals surface area contributed by atoms with E-state index in [1.165, 1.54) is 0 Å². The number of carbonyl (C=O) groups is 2. The van der Waals surface area contributed by atoms with Crippen LogP contribution in [0.2, 0.25) is 0 Å². The first-order valence-corrected chi connectivity index (χ1v) is 8.68. The Morgan fingerprint density at radius 1 is 0.929 bits per heavy atom. The summed E-state index contributed by atoms with van der Waals surface area (Å²) in [7, 11) is 0. The molecule has 2 aromatic carbocycles. The van der Waals surface area contributed by atoms with Gasteiger partial charge in [0, 0.05) is 12.1 Å². The average Bonchev–Trinajstić information content (AvgIpc) is 2.60. The summed E-state index contributed by atoms with van der Waals surface area (Å²) in [5.74, 6) is -2.70. The standard InChI is InChI=1S/C21H22F3NO3/c1-20(2,3)15-8-4-13(5-9-15)17(19(27)28)12-25-18(26)14-6-10-16(11-7-14)21(22,23)24/h4-11,17H,12H2,1-3H3,(H,25,26)(H,27,28). The predicted octanol–water partition coefficient (Wildman–Crippen LogP) is 4.60. The van der Waals surface area contributed by atoms with Crippen molar-refractivity contribution in [2.75, 3.05) is 6.54 Å². The second-order valence-corrected chi connectivity index (χ2v) is 7.55. The number of hydrogen-bond donors (Lipinski definition) is 2. The van der Waals surface area contributed by atoms with Gasteiger partial charge in [-0.15, -0.1) is 0 Å². The Hall–Kier alpha value is -2.83. The molecule has 2 N–H and O–H groups in total. The number of benzene rings is 2. The van der Waals surface area contributed by atoms with Gasteiger partial charge in [0.25, 0.3) is 5.91 Å². The van der Waals surface area contributed by atoms with Gasteiger partial charge in [0.2, 0.25) is 0 Å². The van der Waals surface area contributed by atoms with Crippen LogP contribution in [0.4, 0.5) is 13.2 Å². The lowest BCUT2D eigenvalue weighted by atomic mass is 9.85. The third-order valence-corrected chi connectivity index (χ3v) is 4.42. The predicted molar refractivity (Wildman–Crippen MR) is 99.3 cm³/mol. The molecular weight excluding hydrogens is 371 g/mol. The van der Waals surface area contributed by atoms with E-state index in [4.69, 9.17) is 0 Å². The van der Waals surface area contributed by atoms with Gasteiger partial charge in [-0.25, -0.2) is 0 Å². The monoisotopic (exact) mass is 393 g/mol. The van der Waals surface area contributed by atoms with E-state index < -0.39 is 29.5 Å². The van der Waals surface area contributed by atoms with Gasteiger partial charge in [-0.3, -0.25) is 9.59 Å². The molecular formula is C21H22F3NO3. The van der Waals surface area contributed by atoms with Gasteiger partial charge < -0.3 is 10.4 Å². The third-order valence-electron chi connectivity index (χ3n) is 4.42. The van der Waals surface area contributed by atoms with Crippen molar-refractivity contribution in [1.29, 1.82) is 0 Å². The molecule has 0 saturated heterocycles. The fraction of sp³-hybridized carbons (Fsp3) is 0.333. The molecule has 2 rings (SSSR count). The van der Waals surface area contributed by atoms with Crippen LogP contribution < -0.4 is 5.32 Å². The zero-order valence-electron chi connectivity index (χ0n) is 15.8.